The molecule has 0 atom stereocenters. The molecular weight excluding hydrogens is 380 g/mol. The molecule has 3 aromatic rings. The van der Waals surface area contributed by atoms with Gasteiger partial charge < -0.3 is 19.8 Å². The Morgan fingerprint density at radius 2 is 1.86 bits per heavy atom. The van der Waals surface area contributed by atoms with Gasteiger partial charge in [0.15, 0.2) is 0 Å². The number of ether oxygens (including phenoxy) is 1. The maximum atomic E-state index is 12.1. The highest BCUT2D eigenvalue weighted by molar-refractivity contribution is 7.99. The van der Waals surface area contributed by atoms with Crippen LogP contribution in [0.3, 0.4) is 0 Å². The molecule has 0 spiro atoms. The number of anilines is 2. The number of nitrogens with zero attached hydrogens (tertiary/aromatic N) is 2. The lowest BCUT2D eigenvalue weighted by molar-refractivity contribution is -0.114. The average Bonchev–Trinajstić information content (AvgIpc) is 3.16. The van der Waals surface area contributed by atoms with Crippen LogP contribution in [-0.2, 0) is 9.59 Å². The molecule has 3 rings (SSSR count). The summed E-state index contributed by atoms with van der Waals surface area (Å²) in [5, 5.41) is 13.7. The van der Waals surface area contributed by atoms with Crippen molar-refractivity contribution in [1.29, 1.82) is 0 Å². The van der Waals surface area contributed by atoms with Crippen LogP contribution < -0.4 is 15.4 Å². The molecule has 1 heterocycles. The van der Waals surface area contributed by atoms with E-state index in [0.29, 0.717) is 28.6 Å². The molecule has 1 aromatic heterocycles. The highest BCUT2D eigenvalue weighted by atomic mass is 32.2. The molecule has 0 aliphatic rings. The fraction of sp³-hybridized carbons (Fsp3) is 0.158. The van der Waals surface area contributed by atoms with E-state index in [-0.39, 0.29) is 22.8 Å². The van der Waals surface area contributed by atoms with E-state index >= 15 is 0 Å². The van der Waals surface area contributed by atoms with Crippen LogP contribution in [-0.4, -0.2) is 34.9 Å². The van der Waals surface area contributed by atoms with E-state index in [0.717, 1.165) is 11.8 Å². The molecule has 8 nitrogen and oxygen atoms in total. The molecule has 9 heteroatoms. The fourth-order valence-corrected chi connectivity index (χ4v) is 2.88. The van der Waals surface area contributed by atoms with Crippen molar-refractivity contribution in [1.82, 2.24) is 10.2 Å². The Bertz CT molecular complexity index is 972. The summed E-state index contributed by atoms with van der Waals surface area (Å²) < 4.78 is 10.7. The van der Waals surface area contributed by atoms with Crippen molar-refractivity contribution in [3.05, 3.63) is 48.5 Å². The number of hydrogen-bond acceptors (Lipinski definition) is 7. The van der Waals surface area contributed by atoms with Gasteiger partial charge in [0, 0.05) is 23.9 Å². The van der Waals surface area contributed by atoms with Crippen LogP contribution in [0.25, 0.3) is 11.5 Å². The van der Waals surface area contributed by atoms with Gasteiger partial charge in [0.05, 0.1) is 12.9 Å². The van der Waals surface area contributed by atoms with E-state index in [1.165, 1.54) is 6.92 Å². The molecule has 2 amide bonds. The van der Waals surface area contributed by atoms with Gasteiger partial charge in [0.2, 0.25) is 17.7 Å². The molecule has 0 aliphatic heterocycles. The average molecular weight is 398 g/mol. The van der Waals surface area contributed by atoms with Crippen LogP contribution in [0.4, 0.5) is 11.4 Å². The Balaban J connectivity index is 1.57. The number of benzene rings is 2. The highest BCUT2D eigenvalue weighted by Gasteiger charge is 2.12. The SMILES string of the molecule is COc1ccc(NC(=O)CSc2nnc(-c3cccc(NC(C)=O)c3)o2)cc1. The minimum absolute atomic E-state index is 0.125. The second-order valence-electron chi connectivity index (χ2n) is 5.70. The highest BCUT2D eigenvalue weighted by Crippen LogP contribution is 2.25. The third-order valence-corrected chi connectivity index (χ3v) is 4.36. The van der Waals surface area contributed by atoms with Crippen LogP contribution in [0.15, 0.2) is 58.2 Å². The summed E-state index contributed by atoms with van der Waals surface area (Å²) in [6.07, 6.45) is 0. The van der Waals surface area contributed by atoms with Crippen molar-refractivity contribution in [3.63, 3.8) is 0 Å². The molecule has 0 aliphatic carbocycles. The molecule has 28 heavy (non-hydrogen) atoms. The normalized spacial score (nSPS) is 10.4. The molecular formula is C19H18N4O4S. The predicted molar refractivity (Wildman–Crippen MR) is 106 cm³/mol. The van der Waals surface area contributed by atoms with E-state index in [9.17, 15) is 9.59 Å². The van der Waals surface area contributed by atoms with Crippen molar-refractivity contribution in [2.45, 2.75) is 12.1 Å². The summed E-state index contributed by atoms with van der Waals surface area (Å²) in [6, 6.07) is 14.1. The molecule has 0 fully saturated rings. The summed E-state index contributed by atoms with van der Waals surface area (Å²) >= 11 is 1.14. The third kappa shape index (κ3) is 5.34. The van der Waals surface area contributed by atoms with Crippen molar-refractivity contribution in [3.8, 4) is 17.2 Å². The number of aromatic nitrogens is 2. The Morgan fingerprint density at radius 1 is 1.07 bits per heavy atom. The zero-order valence-electron chi connectivity index (χ0n) is 15.3. The van der Waals surface area contributed by atoms with Gasteiger partial charge in [-0.1, -0.05) is 17.8 Å². The number of hydrogen-bond donors (Lipinski definition) is 2. The molecule has 0 saturated carbocycles. The topological polar surface area (TPSA) is 106 Å². The van der Waals surface area contributed by atoms with E-state index < -0.39 is 0 Å². The summed E-state index contributed by atoms with van der Waals surface area (Å²) in [5.74, 6) is 0.794. The number of nitrogens with one attached hydrogen (secondary N) is 2. The molecule has 0 bridgehead atoms. The molecule has 2 aromatic carbocycles. The van der Waals surface area contributed by atoms with Crippen LogP contribution in [0.2, 0.25) is 0 Å². The van der Waals surface area contributed by atoms with Crippen molar-refractivity contribution in [2.24, 2.45) is 0 Å². The minimum atomic E-state index is -0.192. The monoisotopic (exact) mass is 398 g/mol. The molecule has 144 valence electrons. The molecule has 0 saturated heterocycles. The number of amides is 2. The summed E-state index contributed by atoms with van der Waals surface area (Å²) in [5.41, 5.74) is 1.98. The van der Waals surface area contributed by atoms with Crippen LogP contribution in [0.1, 0.15) is 6.92 Å². The van der Waals surface area contributed by atoms with Gasteiger partial charge >= 0.3 is 0 Å². The zero-order chi connectivity index (χ0) is 19.9. The first-order chi connectivity index (χ1) is 13.5. The number of carbonyl (C=O) groups is 2. The van der Waals surface area contributed by atoms with Crippen LogP contribution in [0, 0.1) is 0 Å². The van der Waals surface area contributed by atoms with Gasteiger partial charge in [-0.25, -0.2) is 0 Å². The maximum absolute atomic E-state index is 12.1. The Hall–Kier alpha value is -3.33. The van der Waals surface area contributed by atoms with Gasteiger partial charge in [-0.15, -0.1) is 10.2 Å². The predicted octanol–water partition coefficient (Wildman–Crippen LogP) is 3.43. The lowest BCUT2D eigenvalue weighted by Gasteiger charge is -2.05. The summed E-state index contributed by atoms with van der Waals surface area (Å²) in [4.78, 5) is 23.2. The lowest BCUT2D eigenvalue weighted by atomic mass is 10.2. The van der Waals surface area contributed by atoms with Crippen molar-refractivity contribution >= 4 is 35.0 Å². The smallest absolute Gasteiger partial charge is 0.277 e. The second kappa shape index (κ2) is 9.05. The number of methoxy groups -OCH3 is 1. The van der Waals surface area contributed by atoms with Crippen molar-refractivity contribution in [2.75, 3.05) is 23.5 Å². The van der Waals surface area contributed by atoms with Gasteiger partial charge in [0.25, 0.3) is 5.22 Å². The van der Waals surface area contributed by atoms with Gasteiger partial charge in [-0.3, -0.25) is 9.59 Å². The van der Waals surface area contributed by atoms with E-state index in [1.54, 1.807) is 55.6 Å². The quantitative estimate of drug-likeness (QED) is 0.587. The Morgan fingerprint density at radius 3 is 2.57 bits per heavy atom. The summed E-state index contributed by atoms with van der Waals surface area (Å²) in [7, 11) is 1.58. The minimum Gasteiger partial charge on any atom is -0.497 e. The largest absolute Gasteiger partial charge is 0.497 e. The number of rotatable bonds is 7. The van der Waals surface area contributed by atoms with E-state index in [2.05, 4.69) is 20.8 Å². The van der Waals surface area contributed by atoms with E-state index in [1.807, 2.05) is 0 Å². The zero-order valence-corrected chi connectivity index (χ0v) is 16.1. The molecule has 2 N–H and O–H groups in total. The standard InChI is InChI=1S/C19H18N4O4S/c1-12(24)20-15-5-3-4-13(10-15)18-22-23-19(27-18)28-11-17(25)21-14-6-8-16(26-2)9-7-14/h3-10H,11H2,1-2H3,(H,20,24)(H,21,25). The van der Waals surface area contributed by atoms with Gasteiger partial charge in [-0.2, -0.15) is 0 Å². The fourth-order valence-electron chi connectivity index (χ4n) is 2.32. The van der Waals surface area contributed by atoms with Crippen molar-refractivity contribution < 1.29 is 18.7 Å². The first-order valence-electron chi connectivity index (χ1n) is 8.32. The number of thioether (sulfide) groups is 1. The molecule has 0 radical (unpaired) electrons. The Labute approximate surface area is 165 Å². The second-order valence-corrected chi connectivity index (χ2v) is 6.63. The summed E-state index contributed by atoms with van der Waals surface area (Å²) in [6.45, 7) is 1.44. The first-order valence-corrected chi connectivity index (χ1v) is 9.30. The lowest BCUT2D eigenvalue weighted by Crippen LogP contribution is -2.13. The van der Waals surface area contributed by atoms with Crippen LogP contribution >= 0.6 is 11.8 Å². The van der Waals surface area contributed by atoms with Gasteiger partial charge in [-0.05, 0) is 42.5 Å². The number of carbonyl (C=O) groups excluding carboxylic acids is 2. The Kier molecular flexibility index (Phi) is 6.28. The van der Waals surface area contributed by atoms with E-state index in [4.69, 9.17) is 9.15 Å². The third-order valence-electron chi connectivity index (χ3n) is 3.54. The molecule has 0 unspecified atom stereocenters. The first kappa shape index (κ1) is 19.4. The van der Waals surface area contributed by atoms with Gasteiger partial charge in [0.1, 0.15) is 5.75 Å². The maximum Gasteiger partial charge on any atom is 0.277 e. The van der Waals surface area contributed by atoms with Crippen LogP contribution in [0.5, 0.6) is 5.75 Å².